The number of anilines is 1. The molecule has 0 saturated heterocycles. The second kappa shape index (κ2) is 6.38. The molecule has 0 saturated carbocycles. The first kappa shape index (κ1) is 13.6. The Hall–Kier alpha value is -1.81. The van der Waals surface area contributed by atoms with Gasteiger partial charge in [0.2, 0.25) is 5.91 Å². The Kier molecular flexibility index (Phi) is 4.58. The van der Waals surface area contributed by atoms with Gasteiger partial charge in [-0.25, -0.2) is 0 Å². The summed E-state index contributed by atoms with van der Waals surface area (Å²) in [6, 6.07) is 15.0. The van der Waals surface area contributed by atoms with Crippen molar-refractivity contribution in [1.82, 2.24) is 0 Å². The summed E-state index contributed by atoms with van der Waals surface area (Å²) in [5.41, 5.74) is 1.70. The summed E-state index contributed by atoms with van der Waals surface area (Å²) in [7, 11) is 1.60. The van der Waals surface area contributed by atoms with Crippen LogP contribution in [-0.2, 0) is 11.2 Å². The standard InChI is InChI=1S/C15H14BrNO2/c1-19-14-7-3-6-13(10-14)17-15(18)9-11-4-2-5-12(16)8-11/h2-8,10H,9H2,1H3,(H,17,18). The quantitative estimate of drug-likeness (QED) is 0.934. The van der Waals surface area contributed by atoms with E-state index in [1.165, 1.54) is 0 Å². The fourth-order valence-corrected chi connectivity index (χ4v) is 2.18. The van der Waals surface area contributed by atoms with Crippen LogP contribution in [0.3, 0.4) is 0 Å². The Morgan fingerprint density at radius 2 is 2.00 bits per heavy atom. The average Bonchev–Trinajstić information content (AvgIpc) is 2.38. The molecular weight excluding hydrogens is 306 g/mol. The molecule has 98 valence electrons. The maximum atomic E-state index is 11.9. The van der Waals surface area contributed by atoms with Gasteiger partial charge in [0.15, 0.2) is 0 Å². The fourth-order valence-electron chi connectivity index (χ4n) is 1.74. The number of halogens is 1. The highest BCUT2D eigenvalue weighted by molar-refractivity contribution is 9.10. The maximum Gasteiger partial charge on any atom is 0.228 e. The first-order valence-electron chi connectivity index (χ1n) is 5.86. The Labute approximate surface area is 120 Å². The molecule has 0 heterocycles. The zero-order valence-corrected chi connectivity index (χ0v) is 12.1. The van der Waals surface area contributed by atoms with E-state index in [9.17, 15) is 4.79 Å². The second-order valence-electron chi connectivity index (χ2n) is 4.09. The van der Waals surface area contributed by atoms with Crippen LogP contribution in [0, 0.1) is 0 Å². The summed E-state index contributed by atoms with van der Waals surface area (Å²) in [5.74, 6) is 0.673. The minimum atomic E-state index is -0.0497. The van der Waals surface area contributed by atoms with Crippen molar-refractivity contribution in [3.05, 3.63) is 58.6 Å². The lowest BCUT2D eigenvalue weighted by molar-refractivity contribution is -0.115. The summed E-state index contributed by atoms with van der Waals surface area (Å²) in [4.78, 5) is 11.9. The van der Waals surface area contributed by atoms with E-state index < -0.39 is 0 Å². The van der Waals surface area contributed by atoms with Gasteiger partial charge in [-0.05, 0) is 29.8 Å². The molecule has 0 fully saturated rings. The summed E-state index contributed by atoms with van der Waals surface area (Å²) >= 11 is 3.39. The second-order valence-corrected chi connectivity index (χ2v) is 5.00. The first-order chi connectivity index (χ1) is 9.17. The largest absolute Gasteiger partial charge is 0.497 e. The lowest BCUT2D eigenvalue weighted by Crippen LogP contribution is -2.14. The van der Waals surface area contributed by atoms with E-state index in [0.29, 0.717) is 6.42 Å². The molecule has 0 atom stereocenters. The molecule has 0 aliphatic carbocycles. The van der Waals surface area contributed by atoms with Crippen molar-refractivity contribution in [2.45, 2.75) is 6.42 Å². The number of ether oxygens (including phenoxy) is 1. The van der Waals surface area contributed by atoms with Gasteiger partial charge in [-0.3, -0.25) is 4.79 Å². The first-order valence-corrected chi connectivity index (χ1v) is 6.65. The number of hydrogen-bond donors (Lipinski definition) is 1. The molecular formula is C15H14BrNO2. The molecule has 1 N–H and O–H groups in total. The van der Waals surface area contributed by atoms with Crippen molar-refractivity contribution < 1.29 is 9.53 Å². The van der Waals surface area contributed by atoms with Crippen LogP contribution in [0.15, 0.2) is 53.0 Å². The van der Waals surface area contributed by atoms with Crippen molar-refractivity contribution in [3.8, 4) is 5.75 Å². The number of hydrogen-bond acceptors (Lipinski definition) is 2. The van der Waals surface area contributed by atoms with Crippen molar-refractivity contribution in [3.63, 3.8) is 0 Å². The molecule has 4 heteroatoms. The summed E-state index contributed by atoms with van der Waals surface area (Å²) in [5, 5.41) is 2.85. The normalized spacial score (nSPS) is 10.0. The number of nitrogens with one attached hydrogen (secondary N) is 1. The monoisotopic (exact) mass is 319 g/mol. The number of benzene rings is 2. The van der Waals surface area contributed by atoms with E-state index in [1.54, 1.807) is 13.2 Å². The van der Waals surface area contributed by atoms with Gasteiger partial charge in [0.1, 0.15) is 5.75 Å². The van der Waals surface area contributed by atoms with E-state index in [4.69, 9.17) is 4.74 Å². The van der Waals surface area contributed by atoms with Gasteiger partial charge in [-0.1, -0.05) is 34.1 Å². The van der Waals surface area contributed by atoms with Gasteiger partial charge < -0.3 is 10.1 Å². The van der Waals surface area contributed by atoms with Crippen LogP contribution in [0.2, 0.25) is 0 Å². The third-order valence-electron chi connectivity index (χ3n) is 2.61. The topological polar surface area (TPSA) is 38.3 Å². The predicted molar refractivity (Wildman–Crippen MR) is 79.5 cm³/mol. The number of carbonyl (C=O) groups is 1. The SMILES string of the molecule is COc1cccc(NC(=O)Cc2cccc(Br)c2)c1. The minimum absolute atomic E-state index is 0.0497. The molecule has 0 radical (unpaired) electrons. The fraction of sp³-hybridized carbons (Fsp3) is 0.133. The molecule has 0 aliphatic rings. The van der Waals surface area contributed by atoms with Crippen LogP contribution >= 0.6 is 15.9 Å². The highest BCUT2D eigenvalue weighted by Crippen LogP contribution is 2.17. The molecule has 2 aromatic rings. The van der Waals surface area contributed by atoms with Crippen LogP contribution in [0.5, 0.6) is 5.75 Å². The molecule has 19 heavy (non-hydrogen) atoms. The van der Waals surface area contributed by atoms with E-state index in [1.807, 2.05) is 42.5 Å². The van der Waals surface area contributed by atoms with Crippen LogP contribution in [0.1, 0.15) is 5.56 Å². The number of rotatable bonds is 4. The summed E-state index contributed by atoms with van der Waals surface area (Å²) in [6.07, 6.45) is 0.344. The Bertz CT molecular complexity index is 584. The van der Waals surface area contributed by atoms with E-state index in [-0.39, 0.29) is 5.91 Å². The van der Waals surface area contributed by atoms with Gasteiger partial charge in [-0.2, -0.15) is 0 Å². The molecule has 2 aromatic carbocycles. The molecule has 0 spiro atoms. The van der Waals surface area contributed by atoms with Crippen molar-refractivity contribution in [1.29, 1.82) is 0 Å². The van der Waals surface area contributed by atoms with Gasteiger partial charge in [0.25, 0.3) is 0 Å². The molecule has 0 bridgehead atoms. The van der Waals surface area contributed by atoms with Crippen LogP contribution in [-0.4, -0.2) is 13.0 Å². The Morgan fingerprint density at radius 1 is 1.21 bits per heavy atom. The van der Waals surface area contributed by atoms with Crippen molar-refractivity contribution >= 4 is 27.5 Å². The molecule has 1 amide bonds. The van der Waals surface area contributed by atoms with Gasteiger partial charge in [-0.15, -0.1) is 0 Å². The molecule has 0 aromatic heterocycles. The smallest absolute Gasteiger partial charge is 0.228 e. The third-order valence-corrected chi connectivity index (χ3v) is 3.10. The highest BCUT2D eigenvalue weighted by atomic mass is 79.9. The van der Waals surface area contributed by atoms with Crippen molar-refractivity contribution in [2.75, 3.05) is 12.4 Å². The van der Waals surface area contributed by atoms with Crippen LogP contribution in [0.4, 0.5) is 5.69 Å². The summed E-state index contributed by atoms with van der Waals surface area (Å²) < 4.78 is 6.08. The van der Waals surface area contributed by atoms with E-state index in [0.717, 1.165) is 21.5 Å². The molecule has 0 aliphatic heterocycles. The lowest BCUT2D eigenvalue weighted by Gasteiger charge is -2.07. The Morgan fingerprint density at radius 3 is 2.74 bits per heavy atom. The Balaban J connectivity index is 2.01. The third kappa shape index (κ3) is 4.10. The number of methoxy groups -OCH3 is 1. The zero-order chi connectivity index (χ0) is 13.7. The maximum absolute atomic E-state index is 11.9. The zero-order valence-electron chi connectivity index (χ0n) is 10.5. The van der Waals surface area contributed by atoms with E-state index in [2.05, 4.69) is 21.2 Å². The number of carbonyl (C=O) groups excluding carboxylic acids is 1. The minimum Gasteiger partial charge on any atom is -0.497 e. The van der Waals surface area contributed by atoms with Gasteiger partial charge in [0, 0.05) is 16.2 Å². The highest BCUT2D eigenvalue weighted by Gasteiger charge is 2.05. The summed E-state index contributed by atoms with van der Waals surface area (Å²) in [6.45, 7) is 0. The molecule has 2 rings (SSSR count). The van der Waals surface area contributed by atoms with Crippen LogP contribution in [0.25, 0.3) is 0 Å². The molecule has 3 nitrogen and oxygen atoms in total. The van der Waals surface area contributed by atoms with Crippen LogP contribution < -0.4 is 10.1 Å². The van der Waals surface area contributed by atoms with Gasteiger partial charge in [0.05, 0.1) is 13.5 Å². The average molecular weight is 320 g/mol. The lowest BCUT2D eigenvalue weighted by atomic mass is 10.1. The predicted octanol–water partition coefficient (Wildman–Crippen LogP) is 3.64. The van der Waals surface area contributed by atoms with Crippen molar-refractivity contribution in [2.24, 2.45) is 0 Å². The number of amides is 1. The molecule has 0 unspecified atom stereocenters. The van der Waals surface area contributed by atoms with Gasteiger partial charge >= 0.3 is 0 Å². The van der Waals surface area contributed by atoms with E-state index >= 15 is 0 Å².